The Balaban J connectivity index is 1.32. The van der Waals surface area contributed by atoms with Gasteiger partial charge < -0.3 is 10.6 Å². The highest BCUT2D eigenvalue weighted by atomic mass is 32.2. The van der Waals surface area contributed by atoms with Crippen LogP contribution in [0.3, 0.4) is 0 Å². The number of nitrogens with zero attached hydrogens (tertiary/aromatic N) is 4. The summed E-state index contributed by atoms with van der Waals surface area (Å²) in [6, 6.07) is 10.9. The van der Waals surface area contributed by atoms with E-state index < -0.39 is 16.1 Å². The first-order chi connectivity index (χ1) is 17.3. The lowest BCUT2D eigenvalue weighted by molar-refractivity contribution is -0.133. The number of amides is 1. The van der Waals surface area contributed by atoms with Gasteiger partial charge in [0.15, 0.2) is 5.17 Å². The molecule has 5 atom stereocenters. The number of likely N-dealkylation sites (tertiary alicyclic amines) is 1. The number of piperidine rings is 1. The van der Waals surface area contributed by atoms with Gasteiger partial charge in [0.2, 0.25) is 5.91 Å². The van der Waals surface area contributed by atoms with E-state index in [4.69, 9.17) is 16.0 Å². The van der Waals surface area contributed by atoms with Crippen molar-refractivity contribution < 1.29 is 9.18 Å². The summed E-state index contributed by atoms with van der Waals surface area (Å²) in [4.78, 5) is 24.9. The largest absolute Gasteiger partial charge is 0.378 e. The first-order valence-corrected chi connectivity index (χ1v) is 13.3. The molecule has 3 unspecified atom stereocenters. The second kappa shape index (κ2) is 8.17. The minimum absolute atomic E-state index is 0.0730. The number of rotatable bonds is 3. The van der Waals surface area contributed by atoms with Gasteiger partial charge in [-0.15, -0.1) is 0 Å². The van der Waals surface area contributed by atoms with E-state index in [0.717, 1.165) is 37.9 Å². The van der Waals surface area contributed by atoms with Crippen molar-refractivity contribution in [3.8, 4) is 6.07 Å². The monoisotopic (exact) mass is 501 g/mol. The molecule has 8 heteroatoms. The van der Waals surface area contributed by atoms with Gasteiger partial charge in [0.05, 0.1) is 16.8 Å². The second-order valence-corrected chi connectivity index (χ2v) is 12.0. The third-order valence-electron chi connectivity index (χ3n) is 8.40. The molecule has 1 spiro atoms. The minimum Gasteiger partial charge on any atom is -0.378 e. The fourth-order valence-corrected chi connectivity index (χ4v) is 8.18. The van der Waals surface area contributed by atoms with E-state index in [1.807, 2.05) is 29.2 Å². The molecule has 1 saturated carbocycles. The molecule has 2 aromatic rings. The van der Waals surface area contributed by atoms with E-state index in [1.54, 1.807) is 6.07 Å². The zero-order valence-electron chi connectivity index (χ0n) is 20.4. The molecule has 0 bridgehead atoms. The fourth-order valence-electron chi connectivity index (χ4n) is 6.63. The second-order valence-electron chi connectivity index (χ2n) is 10.7. The predicted octanol–water partition coefficient (Wildman–Crippen LogP) is 4.50. The Kier molecular flexibility index (Phi) is 5.27. The molecule has 2 aliphatic heterocycles. The van der Waals surface area contributed by atoms with Crippen molar-refractivity contribution in [3.63, 3.8) is 0 Å². The fraction of sp³-hybridized carbons (Fsp3) is 0.429. The first kappa shape index (κ1) is 23.2. The standard InChI is InChI=1S/C28H28FN5OS/c1-16-4-3-9-34(15-16)25(35)28-17(2)24(28)27(33-26(31)36-28)12-20-7-5-18(10-21(20)27)11-22(29)23-8-6-19(13-30)14-32-23/h5-8,10-11,14,16-17,24H,3-4,9,12,15H2,1-2H3,(H2,31,33)/b22-11-/t16?,17?,24?,27-,28+/m1/s1. The quantitative estimate of drug-likeness (QED) is 0.668. The molecule has 1 amide bonds. The van der Waals surface area contributed by atoms with Crippen molar-refractivity contribution in [2.24, 2.45) is 28.5 Å². The number of aliphatic imine (C=N–C) groups is 1. The highest BCUT2D eigenvalue weighted by Gasteiger charge is 2.79. The van der Waals surface area contributed by atoms with E-state index in [9.17, 15) is 9.18 Å². The van der Waals surface area contributed by atoms with Gasteiger partial charge in [-0.25, -0.2) is 4.39 Å². The van der Waals surface area contributed by atoms with Gasteiger partial charge in [-0.3, -0.25) is 14.8 Å². The summed E-state index contributed by atoms with van der Waals surface area (Å²) < 4.78 is 14.4. The molecule has 6 rings (SSSR count). The Morgan fingerprint density at radius 2 is 2.17 bits per heavy atom. The maximum atomic E-state index is 15.0. The summed E-state index contributed by atoms with van der Waals surface area (Å²) in [7, 11) is 0. The van der Waals surface area contributed by atoms with Crippen LogP contribution in [0.5, 0.6) is 0 Å². The lowest BCUT2D eigenvalue weighted by Crippen LogP contribution is -2.52. The van der Waals surface area contributed by atoms with Gasteiger partial charge in [0.1, 0.15) is 16.6 Å². The summed E-state index contributed by atoms with van der Waals surface area (Å²) >= 11 is 1.45. The average molecular weight is 502 g/mol. The van der Waals surface area contributed by atoms with Gasteiger partial charge in [0.25, 0.3) is 0 Å². The number of nitriles is 1. The molecule has 36 heavy (non-hydrogen) atoms. The van der Waals surface area contributed by atoms with E-state index >= 15 is 0 Å². The van der Waals surface area contributed by atoms with Crippen LogP contribution in [0.4, 0.5) is 4.39 Å². The Bertz CT molecular complexity index is 1360. The number of thioether (sulfide) groups is 1. The molecule has 1 aromatic carbocycles. The summed E-state index contributed by atoms with van der Waals surface area (Å²) in [6.45, 7) is 5.97. The van der Waals surface area contributed by atoms with Crippen molar-refractivity contribution >= 4 is 34.7 Å². The zero-order chi connectivity index (χ0) is 25.2. The number of carbonyl (C=O) groups is 1. The summed E-state index contributed by atoms with van der Waals surface area (Å²) in [5.74, 6) is 0.474. The van der Waals surface area contributed by atoms with E-state index in [1.165, 1.54) is 35.7 Å². The van der Waals surface area contributed by atoms with Gasteiger partial charge in [-0.2, -0.15) is 5.26 Å². The number of fused-ring (bicyclic) bond motifs is 4. The molecule has 4 aliphatic rings. The Morgan fingerprint density at radius 1 is 1.33 bits per heavy atom. The number of amidine groups is 1. The van der Waals surface area contributed by atoms with Crippen LogP contribution < -0.4 is 5.73 Å². The normalized spacial score (nSPS) is 32.6. The maximum absolute atomic E-state index is 15.0. The van der Waals surface area contributed by atoms with Crippen LogP contribution in [0.1, 0.15) is 54.6 Å². The Morgan fingerprint density at radius 3 is 2.89 bits per heavy atom. The van der Waals surface area contributed by atoms with E-state index in [0.29, 0.717) is 22.2 Å². The van der Waals surface area contributed by atoms with Crippen LogP contribution >= 0.6 is 11.8 Å². The van der Waals surface area contributed by atoms with Gasteiger partial charge in [-0.05, 0) is 65.6 Å². The van der Waals surface area contributed by atoms with Crippen LogP contribution in [0.15, 0.2) is 41.5 Å². The predicted molar refractivity (Wildman–Crippen MR) is 139 cm³/mol. The average Bonchev–Trinajstić information content (AvgIpc) is 3.48. The lowest BCUT2D eigenvalue weighted by Gasteiger charge is -2.45. The lowest BCUT2D eigenvalue weighted by atomic mass is 9.66. The molecule has 0 radical (unpaired) electrons. The van der Waals surface area contributed by atoms with Crippen LogP contribution in [-0.2, 0) is 16.8 Å². The molecule has 1 saturated heterocycles. The highest BCUT2D eigenvalue weighted by Crippen LogP contribution is 2.73. The topological polar surface area (TPSA) is 95.4 Å². The summed E-state index contributed by atoms with van der Waals surface area (Å²) in [5, 5.41) is 9.41. The number of benzene rings is 1. The van der Waals surface area contributed by atoms with E-state index in [-0.39, 0.29) is 23.4 Å². The number of aromatic nitrogens is 1. The van der Waals surface area contributed by atoms with Crippen LogP contribution in [0.25, 0.3) is 11.9 Å². The smallest absolute Gasteiger partial charge is 0.239 e. The van der Waals surface area contributed by atoms with Crippen molar-refractivity contribution in [2.45, 2.75) is 43.4 Å². The molecule has 184 valence electrons. The van der Waals surface area contributed by atoms with Gasteiger partial charge >= 0.3 is 0 Å². The first-order valence-electron chi connectivity index (χ1n) is 12.5. The number of pyridine rings is 1. The van der Waals surface area contributed by atoms with Crippen molar-refractivity contribution in [3.05, 3.63) is 64.5 Å². The molecule has 2 N–H and O–H groups in total. The third-order valence-corrected chi connectivity index (χ3v) is 9.83. The molecule has 3 heterocycles. The minimum atomic E-state index is -0.565. The number of hydrogen-bond donors (Lipinski definition) is 1. The van der Waals surface area contributed by atoms with Crippen molar-refractivity contribution in [1.29, 1.82) is 5.26 Å². The summed E-state index contributed by atoms with van der Waals surface area (Å²) in [6.07, 6.45) is 5.76. The molecule has 2 fully saturated rings. The van der Waals surface area contributed by atoms with Crippen LogP contribution in [-0.4, -0.2) is 38.8 Å². The number of halogens is 1. The Labute approximate surface area is 214 Å². The summed E-state index contributed by atoms with van der Waals surface area (Å²) in [5.41, 5.74) is 9.34. The Hall–Kier alpha value is -3.18. The molecule has 1 aromatic heterocycles. The number of carbonyl (C=O) groups excluding carboxylic acids is 1. The van der Waals surface area contributed by atoms with Crippen molar-refractivity contribution in [2.75, 3.05) is 13.1 Å². The molecular formula is C28H28FN5OS. The van der Waals surface area contributed by atoms with Gasteiger partial charge in [-0.1, -0.05) is 37.7 Å². The van der Waals surface area contributed by atoms with Crippen molar-refractivity contribution in [1.82, 2.24) is 9.88 Å². The zero-order valence-corrected chi connectivity index (χ0v) is 21.2. The van der Waals surface area contributed by atoms with Crippen LogP contribution in [0, 0.1) is 29.1 Å². The van der Waals surface area contributed by atoms with Crippen LogP contribution in [0.2, 0.25) is 0 Å². The molecule has 2 aliphatic carbocycles. The third kappa shape index (κ3) is 3.32. The van der Waals surface area contributed by atoms with Gasteiger partial charge in [0, 0.05) is 31.6 Å². The SMILES string of the molecule is CC1CCCN(C(=O)[C@@]23SC(N)=N[C@@]4(Cc5ccc(/C=C(\F)c6ccc(C#N)cn6)cc54)C2C3C)C1. The number of nitrogens with two attached hydrogens (primary N) is 1. The maximum Gasteiger partial charge on any atom is 0.239 e. The highest BCUT2D eigenvalue weighted by molar-refractivity contribution is 8.15. The molecule has 6 nitrogen and oxygen atoms in total. The van der Waals surface area contributed by atoms with E-state index in [2.05, 4.69) is 18.8 Å². The molecular weight excluding hydrogens is 473 g/mol. The number of hydrogen-bond acceptors (Lipinski definition) is 6.